The Hall–Kier alpha value is -2.30. The van der Waals surface area contributed by atoms with E-state index in [9.17, 15) is 4.79 Å². The van der Waals surface area contributed by atoms with E-state index in [4.69, 9.17) is 0 Å². The lowest BCUT2D eigenvalue weighted by Crippen LogP contribution is -2.27. The van der Waals surface area contributed by atoms with Crippen molar-refractivity contribution in [1.82, 2.24) is 15.1 Å². The Morgan fingerprint density at radius 2 is 2.33 bits per heavy atom. The van der Waals surface area contributed by atoms with Crippen LogP contribution in [0.3, 0.4) is 0 Å². The van der Waals surface area contributed by atoms with Gasteiger partial charge in [-0.15, -0.1) is 0 Å². The molecule has 21 heavy (non-hydrogen) atoms. The molecule has 2 aromatic rings. The highest BCUT2D eigenvalue weighted by atomic mass is 16.1. The highest BCUT2D eigenvalue weighted by molar-refractivity contribution is 6.00. The van der Waals surface area contributed by atoms with Gasteiger partial charge in [0.05, 0.1) is 16.9 Å². The summed E-state index contributed by atoms with van der Waals surface area (Å²) in [5.41, 5.74) is 3.97. The van der Waals surface area contributed by atoms with Crippen molar-refractivity contribution in [3.63, 3.8) is 0 Å². The highest BCUT2D eigenvalue weighted by Crippen LogP contribution is 2.25. The number of benzene rings is 1. The first-order chi connectivity index (χ1) is 10.2. The Bertz CT molecular complexity index is 647. The van der Waals surface area contributed by atoms with Crippen LogP contribution < -0.4 is 10.6 Å². The zero-order valence-electron chi connectivity index (χ0n) is 12.2. The SMILES string of the molecule is Cn1ccc(CCNC(=O)c2cccc3c2NCCC3)n1. The number of aromatic nitrogens is 2. The first kappa shape index (κ1) is 13.7. The molecular formula is C16H20N4O. The van der Waals surface area contributed by atoms with Crippen molar-refractivity contribution in [2.45, 2.75) is 19.3 Å². The molecule has 0 saturated heterocycles. The molecule has 5 nitrogen and oxygen atoms in total. The van der Waals surface area contributed by atoms with Gasteiger partial charge in [0.15, 0.2) is 0 Å². The number of aryl methyl sites for hydroxylation is 2. The molecule has 1 aliphatic rings. The number of rotatable bonds is 4. The van der Waals surface area contributed by atoms with Gasteiger partial charge in [-0.1, -0.05) is 12.1 Å². The molecular weight excluding hydrogens is 264 g/mol. The molecule has 0 aliphatic carbocycles. The number of amides is 1. The van der Waals surface area contributed by atoms with E-state index in [0.29, 0.717) is 6.54 Å². The molecule has 2 heterocycles. The van der Waals surface area contributed by atoms with Crippen molar-refractivity contribution in [2.75, 3.05) is 18.4 Å². The molecule has 2 N–H and O–H groups in total. The summed E-state index contributed by atoms with van der Waals surface area (Å²) in [4.78, 5) is 12.3. The summed E-state index contributed by atoms with van der Waals surface area (Å²) in [6.45, 7) is 1.53. The van der Waals surface area contributed by atoms with Crippen LogP contribution in [0.4, 0.5) is 5.69 Å². The van der Waals surface area contributed by atoms with E-state index in [-0.39, 0.29) is 5.91 Å². The topological polar surface area (TPSA) is 59.0 Å². The second-order valence-electron chi connectivity index (χ2n) is 5.36. The first-order valence-electron chi connectivity index (χ1n) is 7.36. The first-order valence-corrected chi connectivity index (χ1v) is 7.36. The smallest absolute Gasteiger partial charge is 0.253 e. The molecule has 1 aromatic carbocycles. The molecule has 1 aliphatic heterocycles. The molecule has 0 atom stereocenters. The Kier molecular flexibility index (Phi) is 3.90. The van der Waals surface area contributed by atoms with Crippen LogP contribution in [0.5, 0.6) is 0 Å². The van der Waals surface area contributed by atoms with Crippen molar-refractivity contribution in [3.8, 4) is 0 Å². The monoisotopic (exact) mass is 284 g/mol. The van der Waals surface area contributed by atoms with Crippen LogP contribution in [0.25, 0.3) is 0 Å². The van der Waals surface area contributed by atoms with Crippen molar-refractivity contribution < 1.29 is 4.79 Å². The zero-order valence-corrected chi connectivity index (χ0v) is 12.2. The maximum Gasteiger partial charge on any atom is 0.253 e. The fourth-order valence-corrected chi connectivity index (χ4v) is 2.69. The van der Waals surface area contributed by atoms with Crippen LogP contribution in [0.2, 0.25) is 0 Å². The van der Waals surface area contributed by atoms with Crippen LogP contribution in [-0.4, -0.2) is 28.8 Å². The van der Waals surface area contributed by atoms with E-state index in [2.05, 4.69) is 21.8 Å². The third-order valence-electron chi connectivity index (χ3n) is 3.76. The predicted octanol–water partition coefficient (Wildman–Crippen LogP) is 1.75. The summed E-state index contributed by atoms with van der Waals surface area (Å²) in [7, 11) is 1.89. The molecule has 0 unspecified atom stereocenters. The number of hydrogen-bond acceptors (Lipinski definition) is 3. The number of anilines is 1. The van der Waals surface area contributed by atoms with Crippen LogP contribution >= 0.6 is 0 Å². The number of nitrogens with zero attached hydrogens (tertiary/aromatic N) is 2. The largest absolute Gasteiger partial charge is 0.384 e. The standard InChI is InChI=1S/C16H20N4O/c1-20-11-8-13(19-20)7-10-18-16(21)14-6-2-4-12-5-3-9-17-15(12)14/h2,4,6,8,11,17H,3,5,7,9-10H2,1H3,(H,18,21). The number of carbonyl (C=O) groups excluding carboxylic acids is 1. The van der Waals surface area contributed by atoms with Crippen LogP contribution in [0.1, 0.15) is 28.0 Å². The Labute approximate surface area is 124 Å². The van der Waals surface area contributed by atoms with Gasteiger partial charge >= 0.3 is 0 Å². The summed E-state index contributed by atoms with van der Waals surface area (Å²) < 4.78 is 1.77. The Morgan fingerprint density at radius 3 is 3.14 bits per heavy atom. The van der Waals surface area contributed by atoms with Crippen molar-refractivity contribution >= 4 is 11.6 Å². The third kappa shape index (κ3) is 3.07. The Morgan fingerprint density at radius 1 is 1.43 bits per heavy atom. The van der Waals surface area contributed by atoms with E-state index in [0.717, 1.165) is 42.8 Å². The van der Waals surface area contributed by atoms with Gasteiger partial charge in [0.2, 0.25) is 0 Å². The molecule has 0 saturated carbocycles. The zero-order chi connectivity index (χ0) is 14.7. The van der Waals surface area contributed by atoms with E-state index in [1.165, 1.54) is 5.56 Å². The van der Waals surface area contributed by atoms with Gasteiger partial charge in [-0.3, -0.25) is 9.48 Å². The van der Waals surface area contributed by atoms with E-state index in [1.54, 1.807) is 4.68 Å². The third-order valence-corrected chi connectivity index (χ3v) is 3.76. The molecule has 110 valence electrons. The average Bonchev–Trinajstić information content (AvgIpc) is 2.92. The number of carbonyl (C=O) groups is 1. The van der Waals surface area contributed by atoms with Gasteiger partial charge in [0, 0.05) is 32.8 Å². The Balaban J connectivity index is 1.63. The lowest BCUT2D eigenvalue weighted by molar-refractivity contribution is 0.0954. The van der Waals surface area contributed by atoms with Gasteiger partial charge < -0.3 is 10.6 Å². The number of hydrogen-bond donors (Lipinski definition) is 2. The predicted molar refractivity (Wildman–Crippen MR) is 82.5 cm³/mol. The molecule has 0 spiro atoms. The summed E-state index contributed by atoms with van der Waals surface area (Å²) in [5, 5.41) is 10.6. The molecule has 1 amide bonds. The highest BCUT2D eigenvalue weighted by Gasteiger charge is 2.16. The van der Waals surface area contributed by atoms with Gasteiger partial charge in [0.25, 0.3) is 5.91 Å². The van der Waals surface area contributed by atoms with Crippen LogP contribution in [-0.2, 0) is 19.9 Å². The summed E-state index contributed by atoms with van der Waals surface area (Å²) >= 11 is 0. The van der Waals surface area contributed by atoms with Crippen molar-refractivity contribution in [1.29, 1.82) is 0 Å². The van der Waals surface area contributed by atoms with Crippen LogP contribution in [0.15, 0.2) is 30.5 Å². The van der Waals surface area contributed by atoms with Gasteiger partial charge in [0.1, 0.15) is 0 Å². The minimum absolute atomic E-state index is 0.0165. The fraction of sp³-hybridized carbons (Fsp3) is 0.375. The lowest BCUT2D eigenvalue weighted by atomic mass is 9.99. The number of nitrogens with one attached hydrogen (secondary N) is 2. The second kappa shape index (κ2) is 5.99. The molecule has 5 heteroatoms. The van der Waals surface area contributed by atoms with Crippen LogP contribution in [0, 0.1) is 0 Å². The summed E-state index contributed by atoms with van der Waals surface area (Å²) in [6, 6.07) is 7.90. The van der Waals surface area contributed by atoms with E-state index < -0.39 is 0 Å². The minimum atomic E-state index is -0.0165. The molecule has 3 rings (SSSR count). The van der Waals surface area contributed by atoms with Gasteiger partial charge in [-0.2, -0.15) is 5.10 Å². The average molecular weight is 284 g/mol. The number of para-hydroxylation sites is 1. The minimum Gasteiger partial charge on any atom is -0.384 e. The molecule has 0 fully saturated rings. The maximum absolute atomic E-state index is 12.3. The second-order valence-corrected chi connectivity index (χ2v) is 5.36. The van der Waals surface area contributed by atoms with Crippen molar-refractivity contribution in [2.24, 2.45) is 7.05 Å². The quantitative estimate of drug-likeness (QED) is 0.899. The lowest BCUT2D eigenvalue weighted by Gasteiger charge is -2.20. The molecule has 0 radical (unpaired) electrons. The number of fused-ring (bicyclic) bond motifs is 1. The van der Waals surface area contributed by atoms with Gasteiger partial charge in [-0.05, 0) is 30.5 Å². The summed E-state index contributed by atoms with van der Waals surface area (Å²) in [5.74, 6) is -0.0165. The van der Waals surface area contributed by atoms with Crippen molar-refractivity contribution in [3.05, 3.63) is 47.3 Å². The van der Waals surface area contributed by atoms with E-state index in [1.807, 2.05) is 31.4 Å². The normalized spacial score (nSPS) is 13.4. The summed E-state index contributed by atoms with van der Waals surface area (Å²) in [6.07, 6.45) is 4.82. The van der Waals surface area contributed by atoms with Gasteiger partial charge in [-0.25, -0.2) is 0 Å². The fourth-order valence-electron chi connectivity index (χ4n) is 2.69. The van der Waals surface area contributed by atoms with E-state index >= 15 is 0 Å². The molecule has 0 bridgehead atoms. The maximum atomic E-state index is 12.3. The molecule has 1 aromatic heterocycles.